The van der Waals surface area contributed by atoms with Gasteiger partial charge in [0.2, 0.25) is 0 Å². The van der Waals surface area contributed by atoms with Crippen LogP contribution in [0.25, 0.3) is 0 Å². The van der Waals surface area contributed by atoms with Crippen LogP contribution in [0.15, 0.2) is 18.2 Å². The Labute approximate surface area is 120 Å². The molecule has 118 valence electrons. The first-order chi connectivity index (χ1) is 9.70. The number of likely N-dealkylation sites (N-methyl/N-ethyl adjacent to an activating group) is 2. The topological polar surface area (TPSA) is 26.7 Å². The summed E-state index contributed by atoms with van der Waals surface area (Å²) in [6.07, 6.45) is -5.87. The molecule has 0 saturated carbocycles. The highest BCUT2D eigenvalue weighted by atomic mass is 19.4. The van der Waals surface area contributed by atoms with Crippen LogP contribution in [0.1, 0.15) is 17.2 Å². The quantitative estimate of drug-likeness (QED) is 0.848. The minimum absolute atomic E-state index is 0.0795. The van der Waals surface area contributed by atoms with Gasteiger partial charge in [-0.05, 0) is 31.8 Å². The van der Waals surface area contributed by atoms with Crippen LogP contribution in [0.3, 0.4) is 0 Å². The van der Waals surface area contributed by atoms with E-state index in [1.807, 2.05) is 23.9 Å². The lowest BCUT2D eigenvalue weighted by molar-refractivity contribution is -0.140. The molecule has 1 aliphatic heterocycles. The highest BCUT2D eigenvalue weighted by molar-refractivity contribution is 5.29. The molecule has 7 heteroatoms. The number of piperazine rings is 1. The monoisotopic (exact) mass is 306 g/mol. The van der Waals surface area contributed by atoms with Crippen molar-refractivity contribution in [2.24, 2.45) is 0 Å². The van der Waals surface area contributed by atoms with E-state index in [1.165, 1.54) is 6.07 Å². The standard InChI is InChI=1S/C14H18F4N2O/c1-19-5-6-20(2)12(8-19)13(21)9-3-4-11(15)10(7-9)14(16,17)18/h3-4,7,12-13,21H,5-6,8H2,1-2H3. The highest BCUT2D eigenvalue weighted by Crippen LogP contribution is 2.34. The fraction of sp³-hybridized carbons (Fsp3) is 0.571. The molecule has 21 heavy (non-hydrogen) atoms. The van der Waals surface area contributed by atoms with Crippen molar-refractivity contribution in [3.8, 4) is 0 Å². The molecule has 2 rings (SSSR count). The fourth-order valence-electron chi connectivity index (χ4n) is 2.55. The molecule has 1 aromatic carbocycles. The van der Waals surface area contributed by atoms with E-state index >= 15 is 0 Å². The predicted octanol–water partition coefficient (Wildman–Crippen LogP) is 2.12. The van der Waals surface area contributed by atoms with Gasteiger partial charge in [0, 0.05) is 19.6 Å². The number of hydrogen-bond acceptors (Lipinski definition) is 3. The zero-order chi connectivity index (χ0) is 15.8. The van der Waals surface area contributed by atoms with Gasteiger partial charge in [0.25, 0.3) is 0 Å². The van der Waals surface area contributed by atoms with Crippen molar-refractivity contribution in [2.45, 2.75) is 18.3 Å². The van der Waals surface area contributed by atoms with Gasteiger partial charge in [-0.25, -0.2) is 4.39 Å². The van der Waals surface area contributed by atoms with E-state index in [1.54, 1.807) is 0 Å². The molecule has 0 bridgehead atoms. The third-order valence-corrected chi connectivity index (χ3v) is 3.90. The third kappa shape index (κ3) is 3.53. The zero-order valence-electron chi connectivity index (χ0n) is 11.9. The molecule has 0 aromatic heterocycles. The van der Waals surface area contributed by atoms with Crippen LogP contribution in [-0.4, -0.2) is 54.7 Å². The van der Waals surface area contributed by atoms with E-state index in [-0.39, 0.29) is 11.6 Å². The first-order valence-corrected chi connectivity index (χ1v) is 6.63. The molecule has 1 N–H and O–H groups in total. The van der Waals surface area contributed by atoms with E-state index < -0.39 is 23.7 Å². The Balaban J connectivity index is 2.29. The largest absolute Gasteiger partial charge is 0.419 e. The van der Waals surface area contributed by atoms with Crippen molar-refractivity contribution in [3.05, 3.63) is 35.1 Å². The SMILES string of the molecule is CN1CCN(C)C(C(O)c2ccc(F)c(C(F)(F)F)c2)C1. The van der Waals surface area contributed by atoms with Crippen LogP contribution in [0.2, 0.25) is 0 Å². The molecule has 1 aromatic rings. The summed E-state index contributed by atoms with van der Waals surface area (Å²) in [6.45, 7) is 2.08. The molecule has 0 aliphatic carbocycles. The molecule has 1 aliphatic rings. The van der Waals surface area contributed by atoms with E-state index in [9.17, 15) is 22.7 Å². The van der Waals surface area contributed by atoms with Gasteiger partial charge >= 0.3 is 6.18 Å². The first kappa shape index (κ1) is 16.2. The Hall–Kier alpha value is -1.18. The number of benzene rings is 1. The van der Waals surface area contributed by atoms with Crippen LogP contribution in [-0.2, 0) is 6.18 Å². The Morgan fingerprint density at radius 2 is 1.90 bits per heavy atom. The highest BCUT2D eigenvalue weighted by Gasteiger charge is 2.36. The van der Waals surface area contributed by atoms with Gasteiger partial charge in [0.15, 0.2) is 0 Å². The minimum atomic E-state index is -4.77. The van der Waals surface area contributed by atoms with Crippen LogP contribution in [0, 0.1) is 5.82 Å². The second kappa shape index (κ2) is 5.90. The molecule has 1 saturated heterocycles. The molecule has 0 radical (unpaired) electrons. The predicted molar refractivity (Wildman–Crippen MR) is 70.3 cm³/mol. The maximum Gasteiger partial charge on any atom is 0.419 e. The molecule has 2 unspecified atom stereocenters. The third-order valence-electron chi connectivity index (χ3n) is 3.90. The Kier molecular flexibility index (Phi) is 4.55. The number of nitrogens with zero attached hydrogens (tertiary/aromatic N) is 2. The number of alkyl halides is 3. The molecular formula is C14H18F4N2O. The van der Waals surface area contributed by atoms with Gasteiger partial charge in [-0.2, -0.15) is 13.2 Å². The average molecular weight is 306 g/mol. The summed E-state index contributed by atoms with van der Waals surface area (Å²) in [4.78, 5) is 3.91. The summed E-state index contributed by atoms with van der Waals surface area (Å²) in [5.41, 5.74) is -1.26. The van der Waals surface area contributed by atoms with Crippen LogP contribution >= 0.6 is 0 Å². The second-order valence-corrected chi connectivity index (χ2v) is 5.49. The van der Waals surface area contributed by atoms with Gasteiger partial charge in [-0.15, -0.1) is 0 Å². The number of rotatable bonds is 2. The summed E-state index contributed by atoms with van der Waals surface area (Å²) < 4.78 is 51.5. The molecule has 3 nitrogen and oxygen atoms in total. The van der Waals surface area contributed by atoms with Crippen molar-refractivity contribution in [3.63, 3.8) is 0 Å². The van der Waals surface area contributed by atoms with Crippen LogP contribution in [0.4, 0.5) is 17.6 Å². The van der Waals surface area contributed by atoms with Gasteiger partial charge in [0.05, 0.1) is 17.7 Å². The maximum atomic E-state index is 13.3. The summed E-state index contributed by atoms with van der Waals surface area (Å²) >= 11 is 0. The maximum absolute atomic E-state index is 13.3. The Bertz CT molecular complexity index is 506. The lowest BCUT2D eigenvalue weighted by Crippen LogP contribution is -2.52. The number of halogens is 4. The van der Waals surface area contributed by atoms with Crippen LogP contribution < -0.4 is 0 Å². The van der Waals surface area contributed by atoms with Crippen molar-refractivity contribution < 1.29 is 22.7 Å². The van der Waals surface area contributed by atoms with E-state index in [2.05, 4.69) is 0 Å². The smallest absolute Gasteiger partial charge is 0.387 e. The average Bonchev–Trinajstić information content (AvgIpc) is 2.40. The van der Waals surface area contributed by atoms with E-state index in [4.69, 9.17) is 0 Å². The van der Waals surface area contributed by atoms with E-state index in [0.717, 1.165) is 12.6 Å². The number of aliphatic hydroxyl groups is 1. The van der Waals surface area contributed by atoms with Crippen molar-refractivity contribution in [2.75, 3.05) is 33.7 Å². The van der Waals surface area contributed by atoms with Gasteiger partial charge in [-0.1, -0.05) is 6.07 Å². The summed E-state index contributed by atoms with van der Waals surface area (Å²) in [5, 5.41) is 10.4. The van der Waals surface area contributed by atoms with Crippen LogP contribution in [0.5, 0.6) is 0 Å². The van der Waals surface area contributed by atoms with Crippen molar-refractivity contribution in [1.82, 2.24) is 9.80 Å². The van der Waals surface area contributed by atoms with Gasteiger partial charge < -0.3 is 10.0 Å². The molecule has 1 fully saturated rings. The summed E-state index contributed by atoms with van der Waals surface area (Å²) in [7, 11) is 3.70. The normalized spacial score (nSPS) is 23.3. The molecule has 0 amide bonds. The lowest BCUT2D eigenvalue weighted by atomic mass is 9.97. The molecule has 2 atom stereocenters. The van der Waals surface area contributed by atoms with E-state index in [0.29, 0.717) is 19.2 Å². The molecule has 1 heterocycles. The van der Waals surface area contributed by atoms with Gasteiger partial charge in [0.1, 0.15) is 5.82 Å². The Morgan fingerprint density at radius 1 is 1.24 bits per heavy atom. The van der Waals surface area contributed by atoms with Crippen molar-refractivity contribution >= 4 is 0 Å². The first-order valence-electron chi connectivity index (χ1n) is 6.63. The van der Waals surface area contributed by atoms with Crippen molar-refractivity contribution in [1.29, 1.82) is 0 Å². The zero-order valence-corrected chi connectivity index (χ0v) is 11.9. The summed E-state index contributed by atoms with van der Waals surface area (Å²) in [5.74, 6) is -1.33. The number of aliphatic hydroxyl groups excluding tert-OH is 1. The second-order valence-electron chi connectivity index (χ2n) is 5.49. The Morgan fingerprint density at radius 3 is 2.52 bits per heavy atom. The molecular weight excluding hydrogens is 288 g/mol. The minimum Gasteiger partial charge on any atom is -0.387 e. The molecule has 0 spiro atoms. The van der Waals surface area contributed by atoms with Gasteiger partial charge in [-0.3, -0.25) is 4.90 Å². The fourth-order valence-corrected chi connectivity index (χ4v) is 2.55. The summed E-state index contributed by atoms with van der Waals surface area (Å²) in [6, 6.07) is 2.34. The number of hydrogen-bond donors (Lipinski definition) is 1. The lowest BCUT2D eigenvalue weighted by Gasteiger charge is -2.40.